The molecule has 3 rings (SSSR count). The SMILES string of the molecule is O=C(NCc1ccc(O)cc1)N1CCN(c2cccc(C(F)(F)F)c2)CC1. The lowest BCUT2D eigenvalue weighted by Gasteiger charge is -2.36. The van der Waals surface area contributed by atoms with Crippen LogP contribution < -0.4 is 10.2 Å². The van der Waals surface area contributed by atoms with Gasteiger partial charge in [0.2, 0.25) is 0 Å². The van der Waals surface area contributed by atoms with Crippen LogP contribution in [-0.4, -0.2) is 42.2 Å². The van der Waals surface area contributed by atoms with Crippen molar-refractivity contribution in [2.75, 3.05) is 31.1 Å². The van der Waals surface area contributed by atoms with Crippen molar-refractivity contribution >= 4 is 11.7 Å². The molecule has 2 aromatic carbocycles. The molecule has 27 heavy (non-hydrogen) atoms. The largest absolute Gasteiger partial charge is 0.508 e. The number of rotatable bonds is 3. The van der Waals surface area contributed by atoms with E-state index in [9.17, 15) is 23.1 Å². The molecule has 2 amide bonds. The van der Waals surface area contributed by atoms with E-state index in [0.717, 1.165) is 17.7 Å². The first-order valence-corrected chi connectivity index (χ1v) is 8.56. The molecule has 0 atom stereocenters. The summed E-state index contributed by atoms with van der Waals surface area (Å²) in [4.78, 5) is 15.8. The summed E-state index contributed by atoms with van der Waals surface area (Å²) in [5, 5.41) is 12.1. The van der Waals surface area contributed by atoms with Crippen LogP contribution in [-0.2, 0) is 12.7 Å². The molecule has 0 radical (unpaired) electrons. The Hall–Kier alpha value is -2.90. The molecule has 0 aromatic heterocycles. The van der Waals surface area contributed by atoms with E-state index in [2.05, 4.69) is 5.32 Å². The molecule has 2 N–H and O–H groups in total. The van der Waals surface area contributed by atoms with Gasteiger partial charge in [-0.25, -0.2) is 4.79 Å². The van der Waals surface area contributed by atoms with E-state index in [-0.39, 0.29) is 11.8 Å². The minimum Gasteiger partial charge on any atom is -0.508 e. The third-order valence-corrected chi connectivity index (χ3v) is 4.49. The predicted octanol–water partition coefficient (Wildman–Crippen LogP) is 3.44. The number of amides is 2. The first-order chi connectivity index (χ1) is 12.8. The molecule has 0 bridgehead atoms. The molecule has 1 saturated heterocycles. The number of alkyl halides is 3. The number of piperazine rings is 1. The maximum Gasteiger partial charge on any atom is 0.416 e. The number of carbonyl (C=O) groups is 1. The first-order valence-electron chi connectivity index (χ1n) is 8.56. The highest BCUT2D eigenvalue weighted by Gasteiger charge is 2.31. The number of hydrogen-bond donors (Lipinski definition) is 2. The number of aromatic hydroxyl groups is 1. The van der Waals surface area contributed by atoms with Gasteiger partial charge in [0.05, 0.1) is 5.56 Å². The number of phenolic OH excluding ortho intramolecular Hbond substituents is 1. The fourth-order valence-electron chi connectivity index (χ4n) is 2.95. The minimum atomic E-state index is -4.37. The summed E-state index contributed by atoms with van der Waals surface area (Å²) in [6.07, 6.45) is -4.37. The third kappa shape index (κ3) is 4.84. The van der Waals surface area contributed by atoms with E-state index in [0.29, 0.717) is 38.4 Å². The van der Waals surface area contributed by atoms with Crippen molar-refractivity contribution < 1.29 is 23.1 Å². The smallest absolute Gasteiger partial charge is 0.416 e. The number of halogens is 3. The van der Waals surface area contributed by atoms with Crippen molar-refractivity contribution in [3.63, 3.8) is 0 Å². The van der Waals surface area contributed by atoms with Gasteiger partial charge < -0.3 is 20.2 Å². The van der Waals surface area contributed by atoms with Gasteiger partial charge in [0.25, 0.3) is 0 Å². The number of nitrogens with one attached hydrogen (secondary N) is 1. The van der Waals surface area contributed by atoms with Crippen LogP contribution >= 0.6 is 0 Å². The highest BCUT2D eigenvalue weighted by atomic mass is 19.4. The van der Waals surface area contributed by atoms with E-state index >= 15 is 0 Å². The molecule has 1 aliphatic rings. The molecule has 0 spiro atoms. The molecule has 0 aliphatic carbocycles. The zero-order valence-electron chi connectivity index (χ0n) is 14.5. The van der Waals surface area contributed by atoms with Crippen molar-refractivity contribution in [3.05, 3.63) is 59.7 Å². The van der Waals surface area contributed by atoms with E-state index in [4.69, 9.17) is 0 Å². The fraction of sp³-hybridized carbons (Fsp3) is 0.316. The highest BCUT2D eigenvalue weighted by Crippen LogP contribution is 2.31. The van der Waals surface area contributed by atoms with Gasteiger partial charge in [0.15, 0.2) is 0 Å². The Morgan fingerprint density at radius 2 is 1.70 bits per heavy atom. The predicted molar refractivity (Wildman–Crippen MR) is 95.6 cm³/mol. The van der Waals surface area contributed by atoms with Gasteiger partial charge >= 0.3 is 12.2 Å². The second-order valence-electron chi connectivity index (χ2n) is 6.35. The van der Waals surface area contributed by atoms with Gasteiger partial charge in [-0.2, -0.15) is 13.2 Å². The Labute approximate surface area is 155 Å². The molecule has 1 heterocycles. The fourth-order valence-corrected chi connectivity index (χ4v) is 2.95. The number of phenols is 1. The molecule has 5 nitrogen and oxygen atoms in total. The van der Waals surface area contributed by atoms with Crippen LogP contribution in [0, 0.1) is 0 Å². The van der Waals surface area contributed by atoms with E-state index < -0.39 is 11.7 Å². The zero-order chi connectivity index (χ0) is 19.4. The summed E-state index contributed by atoms with van der Waals surface area (Å²) in [5.74, 6) is 0.163. The van der Waals surface area contributed by atoms with Crippen molar-refractivity contribution in [2.24, 2.45) is 0 Å². The van der Waals surface area contributed by atoms with Crippen LogP contribution in [0.4, 0.5) is 23.7 Å². The summed E-state index contributed by atoms with van der Waals surface area (Å²) < 4.78 is 38.6. The standard InChI is InChI=1S/C19H20F3N3O2/c20-19(21,22)15-2-1-3-16(12-15)24-8-10-25(11-9-24)18(27)23-13-14-4-6-17(26)7-5-14/h1-7,12,26H,8-11,13H2,(H,23,27). The Morgan fingerprint density at radius 1 is 1.04 bits per heavy atom. The van der Waals surface area contributed by atoms with Crippen LogP contribution in [0.25, 0.3) is 0 Å². The summed E-state index contributed by atoms with van der Waals surface area (Å²) in [5.41, 5.74) is 0.701. The summed E-state index contributed by atoms with van der Waals surface area (Å²) in [6, 6.07) is 11.6. The Kier molecular flexibility index (Phi) is 5.43. The van der Waals surface area contributed by atoms with Gasteiger partial charge in [-0.15, -0.1) is 0 Å². The van der Waals surface area contributed by atoms with Crippen molar-refractivity contribution in [1.29, 1.82) is 0 Å². The lowest BCUT2D eigenvalue weighted by molar-refractivity contribution is -0.137. The number of benzene rings is 2. The molecular formula is C19H20F3N3O2. The van der Waals surface area contributed by atoms with Crippen LogP contribution in [0.1, 0.15) is 11.1 Å². The van der Waals surface area contributed by atoms with Crippen LogP contribution in [0.5, 0.6) is 5.75 Å². The average molecular weight is 379 g/mol. The Balaban J connectivity index is 1.52. The lowest BCUT2D eigenvalue weighted by atomic mass is 10.1. The summed E-state index contributed by atoms with van der Waals surface area (Å²) >= 11 is 0. The van der Waals surface area contributed by atoms with Crippen LogP contribution in [0.3, 0.4) is 0 Å². The maximum atomic E-state index is 12.9. The summed E-state index contributed by atoms with van der Waals surface area (Å²) in [7, 11) is 0. The molecular weight excluding hydrogens is 359 g/mol. The molecule has 1 fully saturated rings. The van der Waals surface area contributed by atoms with E-state index in [1.807, 2.05) is 4.90 Å². The maximum absolute atomic E-state index is 12.9. The van der Waals surface area contributed by atoms with Gasteiger partial charge in [-0.05, 0) is 35.9 Å². The van der Waals surface area contributed by atoms with E-state index in [1.54, 1.807) is 35.2 Å². The lowest BCUT2D eigenvalue weighted by Crippen LogP contribution is -2.51. The van der Waals surface area contributed by atoms with Gasteiger partial charge in [0.1, 0.15) is 5.75 Å². The average Bonchev–Trinajstić information content (AvgIpc) is 2.67. The van der Waals surface area contributed by atoms with Crippen LogP contribution in [0.15, 0.2) is 48.5 Å². The zero-order valence-corrected chi connectivity index (χ0v) is 14.5. The number of hydrogen-bond acceptors (Lipinski definition) is 3. The van der Waals surface area contributed by atoms with Crippen molar-refractivity contribution in [1.82, 2.24) is 10.2 Å². The molecule has 1 aliphatic heterocycles. The van der Waals surface area contributed by atoms with E-state index in [1.165, 1.54) is 6.07 Å². The second-order valence-corrected chi connectivity index (χ2v) is 6.35. The quantitative estimate of drug-likeness (QED) is 0.859. The number of urea groups is 1. The molecule has 0 saturated carbocycles. The third-order valence-electron chi connectivity index (χ3n) is 4.49. The molecule has 8 heteroatoms. The van der Waals surface area contributed by atoms with Gasteiger partial charge in [-0.3, -0.25) is 0 Å². The first kappa shape index (κ1) is 18.9. The van der Waals surface area contributed by atoms with Crippen LogP contribution in [0.2, 0.25) is 0 Å². The molecule has 144 valence electrons. The highest BCUT2D eigenvalue weighted by molar-refractivity contribution is 5.74. The monoisotopic (exact) mass is 379 g/mol. The molecule has 2 aromatic rings. The Morgan fingerprint density at radius 3 is 2.33 bits per heavy atom. The Bertz CT molecular complexity index is 786. The summed E-state index contributed by atoms with van der Waals surface area (Å²) in [6.45, 7) is 2.13. The number of nitrogens with zero attached hydrogens (tertiary/aromatic N) is 2. The topological polar surface area (TPSA) is 55.8 Å². The minimum absolute atomic E-state index is 0.163. The number of anilines is 1. The van der Waals surface area contributed by atoms with Gasteiger partial charge in [0, 0.05) is 38.4 Å². The number of carbonyl (C=O) groups excluding carboxylic acids is 1. The molecule has 0 unspecified atom stereocenters. The van der Waals surface area contributed by atoms with Crippen molar-refractivity contribution in [3.8, 4) is 5.75 Å². The normalized spacial score (nSPS) is 14.9. The van der Waals surface area contributed by atoms with Gasteiger partial charge in [-0.1, -0.05) is 18.2 Å². The van der Waals surface area contributed by atoms with Crippen molar-refractivity contribution in [2.45, 2.75) is 12.7 Å². The second kappa shape index (κ2) is 7.77.